The third kappa shape index (κ3) is 2.57. The van der Waals surface area contributed by atoms with E-state index in [1.54, 1.807) is 18.7 Å². The number of imidazole rings is 1. The van der Waals surface area contributed by atoms with Gasteiger partial charge in [-0.25, -0.2) is 9.97 Å². The van der Waals surface area contributed by atoms with E-state index in [2.05, 4.69) is 32.5 Å². The summed E-state index contributed by atoms with van der Waals surface area (Å²) in [7, 11) is 0. The fourth-order valence-corrected chi connectivity index (χ4v) is 2.02. The number of hydrogen-bond donors (Lipinski definition) is 2. The van der Waals surface area contributed by atoms with Gasteiger partial charge in [0, 0.05) is 36.7 Å². The highest BCUT2D eigenvalue weighted by atomic mass is 15.2. The predicted octanol–water partition coefficient (Wildman–Crippen LogP) is 0.705. The van der Waals surface area contributed by atoms with Crippen molar-refractivity contribution in [2.75, 3.05) is 6.54 Å². The lowest BCUT2D eigenvalue weighted by Gasteiger charge is -2.11. The van der Waals surface area contributed by atoms with Crippen LogP contribution in [0, 0.1) is 0 Å². The summed E-state index contributed by atoms with van der Waals surface area (Å²) in [5.41, 5.74) is 1.10. The summed E-state index contributed by atoms with van der Waals surface area (Å²) in [5.74, 6) is 1.74. The molecule has 0 radical (unpaired) electrons. The van der Waals surface area contributed by atoms with Crippen LogP contribution in [0.15, 0.2) is 42.0 Å². The van der Waals surface area contributed by atoms with E-state index in [1.807, 2.05) is 22.9 Å². The van der Waals surface area contributed by atoms with E-state index < -0.39 is 0 Å². The Labute approximate surface area is 111 Å². The Hall–Kier alpha value is -2.37. The normalized spacial score (nSPS) is 17.9. The summed E-state index contributed by atoms with van der Waals surface area (Å²) in [6.45, 7) is 3.61. The Morgan fingerprint density at radius 3 is 3.16 bits per heavy atom. The Morgan fingerprint density at radius 1 is 1.47 bits per heavy atom. The van der Waals surface area contributed by atoms with Crippen LogP contribution in [0.4, 0.5) is 0 Å². The molecule has 6 heteroatoms. The average molecular weight is 256 g/mol. The molecule has 0 spiro atoms. The molecule has 0 saturated carbocycles. The summed E-state index contributed by atoms with van der Waals surface area (Å²) < 4.78 is 1.91. The van der Waals surface area contributed by atoms with Crippen molar-refractivity contribution < 1.29 is 0 Å². The average Bonchev–Trinajstić information content (AvgIpc) is 3.08. The van der Waals surface area contributed by atoms with Crippen molar-refractivity contribution in [2.45, 2.75) is 19.5 Å². The molecule has 98 valence electrons. The molecular weight excluding hydrogens is 240 g/mol. The fraction of sp³-hybridized carbons (Fsp3) is 0.308. The first-order chi connectivity index (χ1) is 9.33. The van der Waals surface area contributed by atoms with Gasteiger partial charge in [0.05, 0.1) is 6.54 Å². The van der Waals surface area contributed by atoms with E-state index in [4.69, 9.17) is 0 Å². The highest BCUT2D eigenvalue weighted by molar-refractivity contribution is 5.81. The SMILES string of the molecule is CC1CN=C(NCc2cccnc2-n2ccnc2)N1. The number of nitrogens with one attached hydrogen (secondary N) is 2. The molecule has 1 aliphatic heterocycles. The quantitative estimate of drug-likeness (QED) is 0.848. The number of guanidine groups is 1. The topological polar surface area (TPSA) is 67.1 Å². The molecule has 19 heavy (non-hydrogen) atoms. The smallest absolute Gasteiger partial charge is 0.191 e. The van der Waals surface area contributed by atoms with Crippen molar-refractivity contribution in [3.63, 3.8) is 0 Å². The number of aromatic nitrogens is 3. The van der Waals surface area contributed by atoms with Crippen LogP contribution in [0.5, 0.6) is 0 Å². The van der Waals surface area contributed by atoms with Gasteiger partial charge in [-0.3, -0.25) is 9.56 Å². The molecule has 0 amide bonds. The van der Waals surface area contributed by atoms with Gasteiger partial charge in [0.1, 0.15) is 12.1 Å². The number of nitrogens with zero attached hydrogens (tertiary/aromatic N) is 4. The van der Waals surface area contributed by atoms with Crippen molar-refractivity contribution in [1.82, 2.24) is 25.2 Å². The van der Waals surface area contributed by atoms with E-state index in [0.717, 1.165) is 23.9 Å². The van der Waals surface area contributed by atoms with Gasteiger partial charge in [-0.05, 0) is 13.0 Å². The van der Waals surface area contributed by atoms with Crippen LogP contribution in [0.2, 0.25) is 0 Å². The lowest BCUT2D eigenvalue weighted by atomic mass is 10.2. The minimum atomic E-state index is 0.407. The van der Waals surface area contributed by atoms with Gasteiger partial charge in [-0.2, -0.15) is 0 Å². The number of hydrogen-bond acceptors (Lipinski definition) is 5. The minimum Gasteiger partial charge on any atom is -0.352 e. The van der Waals surface area contributed by atoms with Gasteiger partial charge < -0.3 is 10.6 Å². The van der Waals surface area contributed by atoms with E-state index >= 15 is 0 Å². The molecule has 2 N–H and O–H groups in total. The van der Waals surface area contributed by atoms with Gasteiger partial charge in [0.15, 0.2) is 5.96 Å². The molecule has 2 aromatic rings. The summed E-state index contributed by atoms with van der Waals surface area (Å²) in [5, 5.41) is 6.57. The maximum Gasteiger partial charge on any atom is 0.191 e. The second-order valence-electron chi connectivity index (χ2n) is 4.54. The lowest BCUT2D eigenvalue weighted by molar-refractivity contribution is 0.712. The summed E-state index contributed by atoms with van der Waals surface area (Å²) in [6, 6.07) is 4.39. The highest BCUT2D eigenvalue weighted by Crippen LogP contribution is 2.10. The zero-order chi connectivity index (χ0) is 13.1. The van der Waals surface area contributed by atoms with Crippen LogP contribution in [0.3, 0.4) is 0 Å². The predicted molar refractivity (Wildman–Crippen MR) is 73.1 cm³/mol. The summed E-state index contributed by atoms with van der Waals surface area (Å²) in [6.07, 6.45) is 7.17. The molecule has 6 nitrogen and oxygen atoms in total. The van der Waals surface area contributed by atoms with E-state index in [9.17, 15) is 0 Å². The van der Waals surface area contributed by atoms with Crippen LogP contribution < -0.4 is 10.6 Å². The molecule has 0 fully saturated rings. The Balaban J connectivity index is 1.74. The summed E-state index contributed by atoms with van der Waals surface area (Å²) in [4.78, 5) is 12.8. The number of aliphatic imine (C=N–C) groups is 1. The molecule has 3 rings (SSSR count). The van der Waals surface area contributed by atoms with Gasteiger partial charge in [0.25, 0.3) is 0 Å². The van der Waals surface area contributed by atoms with Gasteiger partial charge >= 0.3 is 0 Å². The molecule has 0 aliphatic carbocycles. The number of pyridine rings is 1. The molecule has 2 aromatic heterocycles. The first-order valence-electron chi connectivity index (χ1n) is 6.30. The minimum absolute atomic E-state index is 0.407. The van der Waals surface area contributed by atoms with Crippen molar-refractivity contribution in [1.29, 1.82) is 0 Å². The zero-order valence-electron chi connectivity index (χ0n) is 10.7. The van der Waals surface area contributed by atoms with Crippen LogP contribution >= 0.6 is 0 Å². The Bertz CT molecular complexity index is 575. The van der Waals surface area contributed by atoms with E-state index in [1.165, 1.54) is 0 Å². The van der Waals surface area contributed by atoms with Crippen molar-refractivity contribution in [3.8, 4) is 5.82 Å². The van der Waals surface area contributed by atoms with Crippen molar-refractivity contribution in [2.24, 2.45) is 4.99 Å². The Morgan fingerprint density at radius 2 is 2.42 bits per heavy atom. The van der Waals surface area contributed by atoms with Crippen LogP contribution in [-0.2, 0) is 6.54 Å². The lowest BCUT2D eigenvalue weighted by Crippen LogP contribution is -2.37. The van der Waals surface area contributed by atoms with Gasteiger partial charge in [0.2, 0.25) is 0 Å². The zero-order valence-corrected chi connectivity index (χ0v) is 10.7. The maximum atomic E-state index is 4.40. The van der Waals surface area contributed by atoms with Crippen LogP contribution in [0.1, 0.15) is 12.5 Å². The molecule has 0 bridgehead atoms. The molecular formula is C13H16N6. The maximum absolute atomic E-state index is 4.40. The molecule has 0 aromatic carbocycles. The monoisotopic (exact) mass is 256 g/mol. The second kappa shape index (κ2) is 5.09. The van der Waals surface area contributed by atoms with Crippen LogP contribution in [-0.4, -0.2) is 33.1 Å². The Kier molecular flexibility index (Phi) is 3.14. The van der Waals surface area contributed by atoms with Gasteiger partial charge in [-0.15, -0.1) is 0 Å². The number of rotatable bonds is 3. The van der Waals surface area contributed by atoms with Crippen LogP contribution in [0.25, 0.3) is 5.82 Å². The second-order valence-corrected chi connectivity index (χ2v) is 4.54. The summed E-state index contributed by atoms with van der Waals surface area (Å²) >= 11 is 0. The van der Waals surface area contributed by atoms with Crippen molar-refractivity contribution in [3.05, 3.63) is 42.6 Å². The molecule has 1 aliphatic rings. The fourth-order valence-electron chi connectivity index (χ4n) is 2.02. The molecule has 1 atom stereocenters. The molecule has 0 saturated heterocycles. The van der Waals surface area contributed by atoms with E-state index in [0.29, 0.717) is 12.6 Å². The van der Waals surface area contributed by atoms with Crippen molar-refractivity contribution >= 4 is 5.96 Å². The third-order valence-corrected chi connectivity index (χ3v) is 2.97. The largest absolute Gasteiger partial charge is 0.352 e. The first-order valence-corrected chi connectivity index (χ1v) is 6.30. The first kappa shape index (κ1) is 11.7. The van der Waals surface area contributed by atoms with E-state index in [-0.39, 0.29) is 0 Å². The third-order valence-electron chi connectivity index (χ3n) is 2.97. The standard InChI is InChI=1S/C13H16N6/c1-10-7-16-13(18-10)17-8-11-3-2-4-15-12(11)19-6-5-14-9-19/h2-6,9-10H,7-8H2,1H3,(H2,16,17,18). The van der Waals surface area contributed by atoms with Gasteiger partial charge in [-0.1, -0.05) is 6.07 Å². The highest BCUT2D eigenvalue weighted by Gasteiger charge is 2.12. The molecule has 3 heterocycles. The molecule has 1 unspecified atom stereocenters.